The summed E-state index contributed by atoms with van der Waals surface area (Å²) in [6.45, 7) is 9.43. The number of pyridine rings is 1. The first-order valence-electron chi connectivity index (χ1n) is 10.2. The lowest BCUT2D eigenvalue weighted by molar-refractivity contribution is 0.0240. The predicted molar refractivity (Wildman–Crippen MR) is 112 cm³/mol. The Labute approximate surface area is 172 Å². The zero-order valence-electron chi connectivity index (χ0n) is 17.7. The predicted octanol–water partition coefficient (Wildman–Crippen LogP) is 4.39. The molecule has 0 aliphatic carbocycles. The number of azide groups is 1. The summed E-state index contributed by atoms with van der Waals surface area (Å²) >= 11 is 0. The highest BCUT2D eigenvalue weighted by atomic mass is 16.6. The molecular formula is C20H32N6O3. The van der Waals surface area contributed by atoms with Gasteiger partial charge in [-0.1, -0.05) is 24.0 Å². The second-order valence-corrected chi connectivity index (χ2v) is 8.01. The molecule has 1 aromatic rings. The molecule has 9 nitrogen and oxygen atoms in total. The van der Waals surface area contributed by atoms with E-state index in [1.807, 2.05) is 39.0 Å². The summed E-state index contributed by atoms with van der Waals surface area (Å²) in [6.07, 6.45) is 3.65. The van der Waals surface area contributed by atoms with Gasteiger partial charge in [0.15, 0.2) is 0 Å². The van der Waals surface area contributed by atoms with Gasteiger partial charge in [0.1, 0.15) is 11.4 Å². The molecule has 0 unspecified atom stereocenters. The summed E-state index contributed by atoms with van der Waals surface area (Å²) in [5.74, 6) is 1.48. The van der Waals surface area contributed by atoms with Crippen LogP contribution >= 0.6 is 0 Å². The van der Waals surface area contributed by atoms with E-state index in [2.05, 4.69) is 19.9 Å². The summed E-state index contributed by atoms with van der Waals surface area (Å²) in [7, 11) is 0. The Hall–Kier alpha value is -2.67. The van der Waals surface area contributed by atoms with Gasteiger partial charge < -0.3 is 19.3 Å². The van der Waals surface area contributed by atoms with E-state index in [4.69, 9.17) is 15.0 Å². The molecule has 0 bridgehead atoms. The van der Waals surface area contributed by atoms with Crippen molar-refractivity contribution in [3.05, 3.63) is 28.6 Å². The number of carbonyl (C=O) groups excluding carboxylic acids is 1. The molecule has 0 saturated carbocycles. The van der Waals surface area contributed by atoms with Gasteiger partial charge in [-0.25, -0.2) is 4.79 Å². The van der Waals surface area contributed by atoms with E-state index in [0.717, 1.165) is 31.5 Å². The molecule has 1 aliphatic heterocycles. The minimum atomic E-state index is -0.480. The van der Waals surface area contributed by atoms with Gasteiger partial charge in [0, 0.05) is 43.7 Å². The lowest BCUT2D eigenvalue weighted by Gasteiger charge is -2.36. The zero-order chi connectivity index (χ0) is 21.1. The maximum atomic E-state index is 12.2. The second-order valence-electron chi connectivity index (χ2n) is 8.01. The first kappa shape index (κ1) is 22.6. The topological polar surface area (TPSA) is 104 Å². The van der Waals surface area contributed by atoms with Crippen LogP contribution < -0.4 is 9.64 Å². The Morgan fingerprint density at radius 1 is 1.17 bits per heavy atom. The monoisotopic (exact) mass is 404 g/mol. The Balaban J connectivity index is 1.73. The van der Waals surface area contributed by atoms with Crippen molar-refractivity contribution in [1.82, 2.24) is 9.88 Å². The molecule has 2 heterocycles. The highest BCUT2D eigenvalue weighted by Gasteiger charge is 2.26. The third-order valence-corrected chi connectivity index (χ3v) is 4.43. The van der Waals surface area contributed by atoms with Crippen molar-refractivity contribution in [1.29, 1.82) is 0 Å². The van der Waals surface area contributed by atoms with Crippen LogP contribution in [0.3, 0.4) is 0 Å². The summed E-state index contributed by atoms with van der Waals surface area (Å²) in [4.78, 5) is 23.4. The molecule has 0 atom stereocenters. The van der Waals surface area contributed by atoms with Gasteiger partial charge in [-0.15, -0.1) is 0 Å². The first-order valence-corrected chi connectivity index (χ1v) is 10.2. The summed E-state index contributed by atoms with van der Waals surface area (Å²) in [6, 6.07) is 5.77. The van der Waals surface area contributed by atoms with Gasteiger partial charge in [-0.2, -0.15) is 4.98 Å². The highest BCUT2D eigenvalue weighted by molar-refractivity contribution is 5.68. The van der Waals surface area contributed by atoms with Gasteiger partial charge in [0.05, 0.1) is 6.61 Å². The molecule has 1 amide bonds. The maximum absolute atomic E-state index is 12.2. The van der Waals surface area contributed by atoms with Crippen LogP contribution in [0.15, 0.2) is 23.3 Å². The van der Waals surface area contributed by atoms with Crippen molar-refractivity contribution in [3.63, 3.8) is 0 Å². The molecule has 29 heavy (non-hydrogen) atoms. The fourth-order valence-corrected chi connectivity index (χ4v) is 2.96. The molecule has 160 valence electrons. The lowest BCUT2D eigenvalue weighted by atomic mass is 10.2. The number of hydrogen-bond acceptors (Lipinski definition) is 6. The van der Waals surface area contributed by atoms with Gasteiger partial charge >= 0.3 is 6.09 Å². The number of hydrogen-bond donors (Lipinski definition) is 0. The third-order valence-electron chi connectivity index (χ3n) is 4.43. The van der Waals surface area contributed by atoms with E-state index in [1.54, 1.807) is 4.90 Å². The van der Waals surface area contributed by atoms with Crippen molar-refractivity contribution in [2.24, 2.45) is 5.11 Å². The molecule has 0 spiro atoms. The SMILES string of the molecule is CC(C)(C)OC(=O)N1CCN(c2cccc(OCCCCCCN=[N+]=[N-])n2)CC1. The van der Waals surface area contributed by atoms with Crippen LogP contribution in [0.4, 0.5) is 10.6 Å². The van der Waals surface area contributed by atoms with Gasteiger partial charge in [0.2, 0.25) is 5.88 Å². The van der Waals surface area contributed by atoms with E-state index < -0.39 is 5.60 Å². The Morgan fingerprint density at radius 2 is 1.90 bits per heavy atom. The number of amides is 1. The summed E-state index contributed by atoms with van der Waals surface area (Å²) in [5.41, 5.74) is 7.75. The Kier molecular flexibility index (Phi) is 8.86. The summed E-state index contributed by atoms with van der Waals surface area (Å²) < 4.78 is 11.2. The molecular weight excluding hydrogens is 372 g/mol. The molecule has 1 aromatic heterocycles. The number of anilines is 1. The Morgan fingerprint density at radius 3 is 2.59 bits per heavy atom. The quantitative estimate of drug-likeness (QED) is 0.263. The number of rotatable bonds is 9. The molecule has 0 aromatic carbocycles. The van der Waals surface area contributed by atoms with Crippen LogP contribution in [-0.2, 0) is 4.74 Å². The van der Waals surface area contributed by atoms with Crippen LogP contribution in [-0.4, -0.2) is 60.9 Å². The van der Waals surface area contributed by atoms with E-state index in [1.165, 1.54) is 0 Å². The fraction of sp³-hybridized carbons (Fsp3) is 0.700. The minimum Gasteiger partial charge on any atom is -0.478 e. The normalized spacial score (nSPS) is 14.3. The molecule has 0 N–H and O–H groups in total. The van der Waals surface area contributed by atoms with Gasteiger partial charge in [0.25, 0.3) is 0 Å². The van der Waals surface area contributed by atoms with Crippen molar-refractivity contribution < 1.29 is 14.3 Å². The standard InChI is InChI=1S/C20H32N6O3/c1-20(2,3)29-19(27)26-14-12-25(13-15-26)17-9-8-10-18(23-17)28-16-7-5-4-6-11-22-24-21/h8-10H,4-7,11-16H2,1-3H3. The van der Waals surface area contributed by atoms with Crippen LogP contribution in [0.5, 0.6) is 5.88 Å². The van der Waals surface area contributed by atoms with Gasteiger partial charge in [-0.05, 0) is 45.2 Å². The Bertz CT molecular complexity index is 692. The maximum Gasteiger partial charge on any atom is 0.410 e. The molecule has 1 fully saturated rings. The molecule has 2 rings (SSSR count). The van der Waals surface area contributed by atoms with Crippen molar-refractivity contribution in [2.45, 2.75) is 52.1 Å². The number of carbonyl (C=O) groups is 1. The molecule has 1 aliphatic rings. The fourth-order valence-electron chi connectivity index (χ4n) is 2.96. The van der Waals surface area contributed by atoms with Crippen LogP contribution in [0.1, 0.15) is 46.5 Å². The average Bonchev–Trinajstić information content (AvgIpc) is 2.69. The minimum absolute atomic E-state index is 0.262. The number of unbranched alkanes of at least 4 members (excludes halogenated alkanes) is 3. The second kappa shape index (κ2) is 11.4. The molecule has 9 heteroatoms. The zero-order valence-corrected chi connectivity index (χ0v) is 17.7. The van der Waals surface area contributed by atoms with Crippen LogP contribution in [0.2, 0.25) is 0 Å². The van der Waals surface area contributed by atoms with Crippen molar-refractivity contribution in [3.8, 4) is 5.88 Å². The lowest BCUT2D eigenvalue weighted by Crippen LogP contribution is -2.50. The molecule has 1 saturated heterocycles. The smallest absolute Gasteiger partial charge is 0.410 e. The summed E-state index contributed by atoms with van der Waals surface area (Å²) in [5, 5.41) is 3.53. The number of ether oxygens (including phenoxy) is 2. The highest BCUT2D eigenvalue weighted by Crippen LogP contribution is 2.19. The number of piperazine rings is 1. The number of nitrogens with zero attached hydrogens (tertiary/aromatic N) is 6. The van der Waals surface area contributed by atoms with E-state index in [0.29, 0.717) is 45.2 Å². The third kappa shape index (κ3) is 8.48. The average molecular weight is 405 g/mol. The van der Waals surface area contributed by atoms with E-state index >= 15 is 0 Å². The molecule has 0 radical (unpaired) electrons. The van der Waals surface area contributed by atoms with Crippen molar-refractivity contribution in [2.75, 3.05) is 44.2 Å². The van der Waals surface area contributed by atoms with E-state index in [9.17, 15) is 4.79 Å². The van der Waals surface area contributed by atoms with Gasteiger partial charge in [-0.3, -0.25) is 0 Å². The first-order chi connectivity index (χ1) is 13.9. The van der Waals surface area contributed by atoms with Crippen molar-refractivity contribution >= 4 is 11.9 Å². The largest absolute Gasteiger partial charge is 0.478 e. The number of aromatic nitrogens is 1. The van der Waals surface area contributed by atoms with Crippen LogP contribution in [0.25, 0.3) is 10.4 Å². The van der Waals surface area contributed by atoms with E-state index in [-0.39, 0.29) is 6.09 Å². The van der Waals surface area contributed by atoms with Crippen LogP contribution in [0, 0.1) is 0 Å².